The Balaban J connectivity index is 4.48. The molecule has 0 radical (unpaired) electrons. The smallest absolute Gasteiger partial charge is 0.306 e. The van der Waals surface area contributed by atoms with Crippen molar-refractivity contribution in [2.45, 2.75) is 174 Å². The highest BCUT2D eigenvalue weighted by Gasteiger charge is 2.21. The lowest BCUT2D eigenvalue weighted by atomic mass is 10.1. The fraction of sp³-hybridized carbons (Fsp3) is 0.708. The molecule has 9 nitrogen and oxygen atoms in total. The second-order valence-corrected chi connectivity index (χ2v) is 17.5. The van der Waals surface area contributed by atoms with Crippen LogP contribution in [0.3, 0.4) is 0 Å². The summed E-state index contributed by atoms with van der Waals surface area (Å²) in [5.74, 6) is -0.941. The van der Waals surface area contributed by atoms with E-state index in [2.05, 4.69) is 74.6 Å². The van der Waals surface area contributed by atoms with Gasteiger partial charge in [0, 0.05) is 12.8 Å². The number of nitrogens with zero attached hydrogens (tertiary/aromatic N) is 1. The van der Waals surface area contributed by atoms with Gasteiger partial charge in [0.25, 0.3) is 7.82 Å². The maximum Gasteiger partial charge on any atom is 0.306 e. The van der Waals surface area contributed by atoms with Gasteiger partial charge < -0.3 is 27.9 Å². The van der Waals surface area contributed by atoms with Crippen LogP contribution in [0.4, 0.5) is 0 Å². The Kier molecular flexibility index (Phi) is 38.1. The number of phosphoric acid groups is 1. The predicted octanol–water partition coefficient (Wildman–Crippen LogP) is 12.4. The van der Waals surface area contributed by atoms with Crippen LogP contribution in [0.15, 0.2) is 72.9 Å². The van der Waals surface area contributed by atoms with Crippen LogP contribution in [-0.2, 0) is 32.7 Å². The zero-order valence-corrected chi connectivity index (χ0v) is 38.4. The Morgan fingerprint density at radius 2 is 0.966 bits per heavy atom. The molecule has 0 aliphatic heterocycles. The predicted molar refractivity (Wildman–Crippen MR) is 240 cm³/mol. The number of hydrogen-bond donors (Lipinski definition) is 0. The molecule has 0 fully saturated rings. The number of quaternary nitrogens is 1. The van der Waals surface area contributed by atoms with Gasteiger partial charge >= 0.3 is 11.9 Å². The van der Waals surface area contributed by atoms with Crippen molar-refractivity contribution < 1.29 is 42.1 Å². The minimum atomic E-state index is -4.65. The molecule has 0 amide bonds. The van der Waals surface area contributed by atoms with Gasteiger partial charge in [0.15, 0.2) is 6.10 Å². The monoisotopic (exact) mass is 834 g/mol. The van der Waals surface area contributed by atoms with Gasteiger partial charge in [-0.2, -0.15) is 0 Å². The molecule has 0 heterocycles. The van der Waals surface area contributed by atoms with Crippen molar-refractivity contribution >= 4 is 19.8 Å². The molecule has 0 N–H and O–H groups in total. The van der Waals surface area contributed by atoms with E-state index < -0.39 is 32.5 Å². The first-order valence-electron chi connectivity index (χ1n) is 22.6. The highest BCUT2D eigenvalue weighted by atomic mass is 31.2. The van der Waals surface area contributed by atoms with E-state index in [1.807, 2.05) is 33.3 Å². The standard InChI is InChI=1S/C48H84NO8P/c1-6-8-10-12-14-16-18-20-22-23-24-25-27-28-30-32-34-36-38-40-47(50)54-44-46(45-56-58(52,53)55-43-42-49(3,4)5)57-48(51)41-39-37-35-33-31-29-26-21-19-17-15-13-11-9-7-2/h14,16-17,19-20,22,24-25,28,30,34,36,46H,6-13,15,18,21,23,26-27,29,31-33,35,37-45H2,1-5H3/b16-14+,19-17+,22-20+,25-24+,30-28+,36-34+/t46-/m1/s1. The molecular weight excluding hydrogens is 750 g/mol. The minimum absolute atomic E-state index is 0.0457. The van der Waals surface area contributed by atoms with E-state index in [0.29, 0.717) is 23.9 Å². The van der Waals surface area contributed by atoms with Crippen molar-refractivity contribution in [1.29, 1.82) is 0 Å². The van der Waals surface area contributed by atoms with E-state index in [-0.39, 0.29) is 26.1 Å². The number of carbonyl (C=O) groups is 2. The summed E-state index contributed by atoms with van der Waals surface area (Å²) in [6, 6.07) is 0. The third-order valence-corrected chi connectivity index (χ3v) is 10.2. The fourth-order valence-corrected chi connectivity index (χ4v) is 6.36. The number of rotatable bonds is 40. The van der Waals surface area contributed by atoms with Gasteiger partial charge in [0.05, 0.1) is 27.7 Å². The average molecular weight is 834 g/mol. The molecule has 0 aliphatic rings. The summed E-state index contributed by atoms with van der Waals surface area (Å²) < 4.78 is 33.8. The number of unbranched alkanes of at least 4 members (excludes halogenated alkanes) is 14. The Bertz CT molecular complexity index is 1220. The van der Waals surface area contributed by atoms with Crippen LogP contribution in [0, 0.1) is 0 Å². The quantitative estimate of drug-likeness (QED) is 0.0197. The van der Waals surface area contributed by atoms with Crippen molar-refractivity contribution in [3.8, 4) is 0 Å². The molecule has 0 rings (SSSR count). The van der Waals surface area contributed by atoms with Crippen molar-refractivity contribution in [2.24, 2.45) is 0 Å². The van der Waals surface area contributed by atoms with E-state index in [1.54, 1.807) is 0 Å². The first kappa shape index (κ1) is 55.5. The lowest BCUT2D eigenvalue weighted by molar-refractivity contribution is -0.870. The number of allylic oxidation sites excluding steroid dienone is 12. The number of ether oxygens (including phenoxy) is 2. The lowest BCUT2D eigenvalue weighted by Crippen LogP contribution is -2.37. The van der Waals surface area contributed by atoms with Crippen LogP contribution < -0.4 is 4.89 Å². The summed E-state index contributed by atoms with van der Waals surface area (Å²) in [5, 5.41) is 0. The third-order valence-electron chi connectivity index (χ3n) is 9.21. The molecule has 0 spiro atoms. The van der Waals surface area contributed by atoms with Gasteiger partial charge in [0.2, 0.25) is 0 Å². The fourth-order valence-electron chi connectivity index (χ4n) is 5.63. The van der Waals surface area contributed by atoms with Crippen molar-refractivity contribution in [1.82, 2.24) is 0 Å². The molecule has 0 saturated carbocycles. The molecule has 0 aromatic rings. The molecule has 0 aliphatic carbocycles. The van der Waals surface area contributed by atoms with Crippen molar-refractivity contribution in [3.63, 3.8) is 0 Å². The number of likely N-dealkylation sites (N-methyl/N-ethyl adjacent to an activating group) is 1. The van der Waals surface area contributed by atoms with Gasteiger partial charge in [-0.25, -0.2) is 0 Å². The Labute approximate surface area is 355 Å². The summed E-state index contributed by atoms with van der Waals surface area (Å²) in [5.41, 5.74) is 0. The van der Waals surface area contributed by atoms with E-state index >= 15 is 0 Å². The molecule has 0 aromatic carbocycles. The third kappa shape index (κ3) is 43.0. The molecule has 10 heteroatoms. The highest BCUT2D eigenvalue weighted by molar-refractivity contribution is 7.45. The van der Waals surface area contributed by atoms with Gasteiger partial charge in [-0.1, -0.05) is 151 Å². The van der Waals surface area contributed by atoms with Gasteiger partial charge in [-0.15, -0.1) is 0 Å². The minimum Gasteiger partial charge on any atom is -0.756 e. The van der Waals surface area contributed by atoms with Gasteiger partial charge in [0.1, 0.15) is 19.8 Å². The summed E-state index contributed by atoms with van der Waals surface area (Å²) in [6.07, 6.45) is 49.4. The number of hydrogen-bond acceptors (Lipinski definition) is 8. The van der Waals surface area contributed by atoms with Gasteiger partial charge in [-0.3, -0.25) is 14.2 Å². The van der Waals surface area contributed by atoms with Crippen molar-refractivity contribution in [3.05, 3.63) is 72.9 Å². The first-order valence-corrected chi connectivity index (χ1v) is 24.1. The highest BCUT2D eigenvalue weighted by Crippen LogP contribution is 2.38. The number of phosphoric ester groups is 1. The number of esters is 2. The molecular formula is C48H84NO8P. The van der Waals surface area contributed by atoms with E-state index in [4.69, 9.17) is 18.5 Å². The Hall–Kier alpha value is -2.55. The van der Waals surface area contributed by atoms with E-state index in [1.165, 1.54) is 77.0 Å². The van der Waals surface area contributed by atoms with Crippen LogP contribution in [0.5, 0.6) is 0 Å². The first-order chi connectivity index (χ1) is 28.0. The molecule has 0 bridgehead atoms. The Morgan fingerprint density at radius 3 is 1.50 bits per heavy atom. The summed E-state index contributed by atoms with van der Waals surface area (Å²) in [6.45, 7) is 4.08. The molecule has 2 atom stereocenters. The lowest BCUT2D eigenvalue weighted by Gasteiger charge is -2.28. The SMILES string of the molecule is CCCCC/C=C/C/C=C/C/C=C/C/C=C/C/C=C/CCC(=O)OC[C@H](COP(=O)([O-])OCC[N+](C)(C)C)OC(=O)CCCCCCCCC/C=C/CCCCCC. The average Bonchev–Trinajstić information content (AvgIpc) is 3.17. The van der Waals surface area contributed by atoms with Crippen LogP contribution >= 0.6 is 7.82 Å². The molecule has 1 unspecified atom stereocenters. The maximum absolute atomic E-state index is 12.7. The molecule has 334 valence electrons. The van der Waals surface area contributed by atoms with Crippen molar-refractivity contribution in [2.75, 3.05) is 47.5 Å². The van der Waals surface area contributed by atoms with Gasteiger partial charge in [-0.05, 0) is 77.0 Å². The second kappa shape index (κ2) is 39.9. The zero-order chi connectivity index (χ0) is 42.8. The number of carbonyl (C=O) groups excluding carboxylic acids is 2. The second-order valence-electron chi connectivity index (χ2n) is 16.1. The van der Waals surface area contributed by atoms with Crippen LogP contribution in [-0.4, -0.2) is 70.0 Å². The molecule has 0 saturated heterocycles. The molecule has 0 aromatic heterocycles. The van der Waals surface area contributed by atoms with Crippen LogP contribution in [0.1, 0.15) is 168 Å². The maximum atomic E-state index is 12.7. The summed E-state index contributed by atoms with van der Waals surface area (Å²) in [4.78, 5) is 37.5. The largest absolute Gasteiger partial charge is 0.756 e. The summed E-state index contributed by atoms with van der Waals surface area (Å²) in [7, 11) is 1.12. The Morgan fingerprint density at radius 1 is 0.534 bits per heavy atom. The normalized spacial score (nSPS) is 14.2. The zero-order valence-electron chi connectivity index (χ0n) is 37.5. The topological polar surface area (TPSA) is 111 Å². The van der Waals surface area contributed by atoms with Crippen LogP contribution in [0.25, 0.3) is 0 Å². The molecule has 58 heavy (non-hydrogen) atoms. The van der Waals surface area contributed by atoms with E-state index in [9.17, 15) is 19.0 Å². The van der Waals surface area contributed by atoms with Crippen LogP contribution in [0.2, 0.25) is 0 Å². The summed E-state index contributed by atoms with van der Waals surface area (Å²) >= 11 is 0. The van der Waals surface area contributed by atoms with E-state index in [0.717, 1.165) is 51.4 Å².